The number of ether oxygens (including phenoxy) is 1. The second-order valence-corrected chi connectivity index (χ2v) is 5.35. The summed E-state index contributed by atoms with van der Waals surface area (Å²) in [6.07, 6.45) is -2.77. The highest BCUT2D eigenvalue weighted by Gasteiger charge is 2.23. The summed E-state index contributed by atoms with van der Waals surface area (Å²) in [5.41, 5.74) is 0.745. The summed E-state index contributed by atoms with van der Waals surface area (Å²) in [4.78, 5) is 15.1. The van der Waals surface area contributed by atoms with Crippen LogP contribution in [0.5, 0.6) is 0 Å². The van der Waals surface area contributed by atoms with Crippen LogP contribution in [0.2, 0.25) is 5.15 Å². The molecule has 0 aliphatic rings. The van der Waals surface area contributed by atoms with E-state index >= 15 is 0 Å². The fraction of sp³-hybridized carbons (Fsp3) is 0.250. The first-order chi connectivity index (χ1) is 11.5. The standard InChI is InChI=1S/C16H16ClFN2O4/c17-15-12(6-11(18)7-19-15)14(22)13(21)8-20-16(23)24-9-10-4-2-1-3-5-10/h1-7,13-14,21-22H,8-9H2,(H,20,23). The Morgan fingerprint density at radius 2 is 2.04 bits per heavy atom. The van der Waals surface area contributed by atoms with Crippen molar-refractivity contribution in [2.75, 3.05) is 6.54 Å². The van der Waals surface area contributed by atoms with Gasteiger partial charge in [0, 0.05) is 12.1 Å². The largest absolute Gasteiger partial charge is 0.445 e. The van der Waals surface area contributed by atoms with E-state index in [-0.39, 0.29) is 23.9 Å². The topological polar surface area (TPSA) is 91.7 Å². The van der Waals surface area contributed by atoms with Crippen molar-refractivity contribution >= 4 is 17.7 Å². The molecule has 1 aromatic carbocycles. The molecule has 24 heavy (non-hydrogen) atoms. The van der Waals surface area contributed by atoms with Crippen LogP contribution in [0.3, 0.4) is 0 Å². The minimum atomic E-state index is -1.50. The van der Waals surface area contributed by atoms with Crippen LogP contribution in [0.15, 0.2) is 42.6 Å². The number of halogens is 2. The lowest BCUT2D eigenvalue weighted by molar-refractivity contribution is 0.0181. The molecule has 2 aromatic rings. The zero-order valence-electron chi connectivity index (χ0n) is 12.5. The van der Waals surface area contributed by atoms with Gasteiger partial charge in [0.05, 0.1) is 6.20 Å². The molecule has 0 saturated carbocycles. The number of benzene rings is 1. The number of carbonyl (C=O) groups is 1. The molecule has 6 nitrogen and oxygen atoms in total. The van der Waals surface area contributed by atoms with Crippen LogP contribution in [0.4, 0.5) is 9.18 Å². The molecule has 2 rings (SSSR count). The number of aromatic nitrogens is 1. The molecule has 0 fully saturated rings. The van der Waals surface area contributed by atoms with Crippen LogP contribution in [-0.2, 0) is 11.3 Å². The Labute approximate surface area is 142 Å². The van der Waals surface area contributed by atoms with Gasteiger partial charge >= 0.3 is 6.09 Å². The summed E-state index contributed by atoms with van der Waals surface area (Å²) in [7, 11) is 0. The molecule has 0 spiro atoms. The third-order valence-corrected chi connectivity index (χ3v) is 3.50. The average Bonchev–Trinajstić information content (AvgIpc) is 2.60. The van der Waals surface area contributed by atoms with Gasteiger partial charge in [-0.05, 0) is 11.6 Å². The Morgan fingerprint density at radius 1 is 1.33 bits per heavy atom. The van der Waals surface area contributed by atoms with E-state index in [1.54, 1.807) is 12.1 Å². The number of nitrogens with one attached hydrogen (secondary N) is 1. The van der Waals surface area contributed by atoms with Crippen molar-refractivity contribution < 1.29 is 24.1 Å². The van der Waals surface area contributed by atoms with Gasteiger partial charge in [-0.2, -0.15) is 0 Å². The van der Waals surface area contributed by atoms with Gasteiger partial charge < -0.3 is 20.3 Å². The number of pyridine rings is 1. The second kappa shape index (κ2) is 8.58. The summed E-state index contributed by atoms with van der Waals surface area (Å²) in [6.45, 7) is -0.230. The van der Waals surface area contributed by atoms with E-state index in [0.29, 0.717) is 0 Å². The molecule has 0 aliphatic carbocycles. The summed E-state index contributed by atoms with van der Waals surface area (Å²) in [6, 6.07) is 10.0. The van der Waals surface area contributed by atoms with Crippen molar-refractivity contribution in [2.24, 2.45) is 0 Å². The minimum Gasteiger partial charge on any atom is -0.445 e. The third-order valence-electron chi connectivity index (χ3n) is 3.18. The van der Waals surface area contributed by atoms with Gasteiger partial charge in [-0.15, -0.1) is 0 Å². The highest BCUT2D eigenvalue weighted by molar-refractivity contribution is 6.30. The molecule has 0 radical (unpaired) electrons. The SMILES string of the molecule is O=C(NCC(O)C(O)c1cc(F)cnc1Cl)OCc1ccccc1. The number of amides is 1. The van der Waals surface area contributed by atoms with Gasteiger partial charge in [-0.1, -0.05) is 41.9 Å². The highest BCUT2D eigenvalue weighted by Crippen LogP contribution is 2.24. The Hall–Kier alpha value is -2.22. The fourth-order valence-corrected chi connectivity index (χ4v) is 2.14. The maximum atomic E-state index is 13.1. The van der Waals surface area contributed by atoms with Crippen molar-refractivity contribution in [3.8, 4) is 0 Å². The first kappa shape index (κ1) is 18.1. The average molecular weight is 355 g/mol. The lowest BCUT2D eigenvalue weighted by atomic mass is 10.1. The van der Waals surface area contributed by atoms with Crippen molar-refractivity contribution in [2.45, 2.75) is 18.8 Å². The Bertz CT molecular complexity index is 687. The molecule has 0 bridgehead atoms. The number of hydrogen-bond acceptors (Lipinski definition) is 5. The molecule has 2 unspecified atom stereocenters. The molecular weight excluding hydrogens is 339 g/mol. The Balaban J connectivity index is 1.82. The molecule has 128 valence electrons. The summed E-state index contributed by atoms with van der Waals surface area (Å²) < 4.78 is 18.1. The molecule has 0 saturated heterocycles. The minimum absolute atomic E-state index is 0.0661. The number of aliphatic hydroxyl groups is 2. The molecule has 3 N–H and O–H groups in total. The van der Waals surface area contributed by atoms with Gasteiger partial charge in [-0.3, -0.25) is 0 Å². The number of alkyl carbamates (subject to hydrolysis) is 1. The van der Waals surface area contributed by atoms with E-state index in [2.05, 4.69) is 10.3 Å². The summed E-state index contributed by atoms with van der Waals surface area (Å²) in [5, 5.41) is 22.1. The van der Waals surface area contributed by atoms with Crippen LogP contribution in [0, 0.1) is 5.82 Å². The van der Waals surface area contributed by atoms with E-state index in [1.807, 2.05) is 18.2 Å². The predicted molar refractivity (Wildman–Crippen MR) is 84.8 cm³/mol. The zero-order chi connectivity index (χ0) is 17.5. The van der Waals surface area contributed by atoms with Crippen molar-refractivity contribution in [3.05, 3.63) is 64.7 Å². The van der Waals surface area contributed by atoms with Gasteiger partial charge in [0.15, 0.2) is 0 Å². The lowest BCUT2D eigenvalue weighted by Crippen LogP contribution is -2.36. The maximum absolute atomic E-state index is 13.1. The fourth-order valence-electron chi connectivity index (χ4n) is 1.93. The number of nitrogens with zero attached hydrogens (tertiary/aromatic N) is 1. The zero-order valence-corrected chi connectivity index (χ0v) is 13.3. The summed E-state index contributed by atoms with van der Waals surface area (Å²) in [5.74, 6) is -0.698. The lowest BCUT2D eigenvalue weighted by Gasteiger charge is -2.19. The molecular formula is C16H16ClFN2O4. The van der Waals surface area contributed by atoms with E-state index in [9.17, 15) is 19.4 Å². The van der Waals surface area contributed by atoms with Gasteiger partial charge in [-0.25, -0.2) is 14.2 Å². The van der Waals surface area contributed by atoms with Crippen LogP contribution >= 0.6 is 11.6 Å². The van der Waals surface area contributed by atoms with E-state index in [1.165, 1.54) is 0 Å². The summed E-state index contributed by atoms with van der Waals surface area (Å²) >= 11 is 5.75. The molecule has 8 heteroatoms. The van der Waals surface area contributed by atoms with E-state index in [4.69, 9.17) is 16.3 Å². The van der Waals surface area contributed by atoms with E-state index in [0.717, 1.165) is 17.8 Å². The van der Waals surface area contributed by atoms with Gasteiger partial charge in [0.2, 0.25) is 0 Å². The second-order valence-electron chi connectivity index (χ2n) is 4.99. The normalized spacial score (nSPS) is 13.2. The maximum Gasteiger partial charge on any atom is 0.407 e. The van der Waals surface area contributed by atoms with Crippen LogP contribution in [0.25, 0.3) is 0 Å². The number of carbonyl (C=O) groups excluding carboxylic acids is 1. The Morgan fingerprint density at radius 3 is 2.75 bits per heavy atom. The van der Waals surface area contributed by atoms with Crippen molar-refractivity contribution in [3.63, 3.8) is 0 Å². The third kappa shape index (κ3) is 5.16. The monoisotopic (exact) mass is 354 g/mol. The number of rotatable bonds is 6. The van der Waals surface area contributed by atoms with Crippen molar-refractivity contribution in [1.29, 1.82) is 0 Å². The number of hydrogen-bond donors (Lipinski definition) is 3. The van der Waals surface area contributed by atoms with E-state index < -0.39 is 24.1 Å². The predicted octanol–water partition coefficient (Wildman–Crippen LogP) is 2.19. The molecule has 1 amide bonds. The Kier molecular flexibility index (Phi) is 6.48. The molecule has 2 atom stereocenters. The van der Waals surface area contributed by atoms with Crippen LogP contribution in [0.1, 0.15) is 17.2 Å². The molecule has 1 aromatic heterocycles. The first-order valence-corrected chi connectivity index (χ1v) is 7.47. The van der Waals surface area contributed by atoms with Crippen LogP contribution < -0.4 is 5.32 Å². The smallest absolute Gasteiger partial charge is 0.407 e. The van der Waals surface area contributed by atoms with Crippen LogP contribution in [-0.4, -0.2) is 33.9 Å². The van der Waals surface area contributed by atoms with Gasteiger partial charge in [0.25, 0.3) is 0 Å². The molecule has 0 aliphatic heterocycles. The quantitative estimate of drug-likeness (QED) is 0.692. The highest BCUT2D eigenvalue weighted by atomic mass is 35.5. The molecule has 1 heterocycles. The first-order valence-electron chi connectivity index (χ1n) is 7.09. The number of aliphatic hydroxyl groups excluding tert-OH is 2. The van der Waals surface area contributed by atoms with Gasteiger partial charge in [0.1, 0.15) is 29.8 Å². The van der Waals surface area contributed by atoms with Crippen molar-refractivity contribution in [1.82, 2.24) is 10.3 Å².